The molecule has 0 aliphatic carbocycles. The minimum absolute atomic E-state index is 0.484. The summed E-state index contributed by atoms with van der Waals surface area (Å²) in [5.41, 5.74) is 0. The fraction of sp³-hybridized carbons (Fsp3) is 0.714. The maximum atomic E-state index is 11.6. The lowest BCUT2D eigenvalue weighted by atomic mass is 10.2. The molecule has 2 rings (SSSR count). The average molecular weight is 342 g/mol. The first-order valence-electron chi connectivity index (χ1n) is 7.90. The van der Waals surface area contributed by atoms with E-state index in [-0.39, 0.29) is 0 Å². The molecule has 0 saturated carbocycles. The average Bonchev–Trinajstić information content (AvgIpc) is 2.56. The van der Waals surface area contributed by atoms with Gasteiger partial charge in [-0.15, -0.1) is 0 Å². The van der Waals surface area contributed by atoms with E-state index in [0.29, 0.717) is 6.54 Å². The molecule has 0 amide bonds. The summed E-state index contributed by atoms with van der Waals surface area (Å²) < 4.78 is 26.9. The lowest BCUT2D eigenvalue weighted by Gasteiger charge is -2.34. The van der Waals surface area contributed by atoms with Gasteiger partial charge in [0.2, 0.25) is 5.95 Å². The second-order valence-electron chi connectivity index (χ2n) is 5.77. The highest BCUT2D eigenvalue weighted by Crippen LogP contribution is 2.10. The first-order valence-corrected chi connectivity index (χ1v) is 9.34. The Kier molecular flexibility index (Phi) is 6.70. The number of unbranched alkanes of at least 4 members (excludes halogenated alkanes) is 1. The van der Waals surface area contributed by atoms with Gasteiger partial charge in [0.05, 0.1) is 0 Å². The van der Waals surface area contributed by atoms with E-state index < -0.39 is 10.2 Å². The Bertz CT molecular complexity index is 558. The van der Waals surface area contributed by atoms with Crippen molar-refractivity contribution in [3.8, 4) is 0 Å². The molecule has 1 aromatic rings. The van der Waals surface area contributed by atoms with E-state index in [9.17, 15) is 8.42 Å². The second kappa shape index (κ2) is 8.53. The summed E-state index contributed by atoms with van der Waals surface area (Å²) in [4.78, 5) is 13.2. The fourth-order valence-electron chi connectivity index (χ4n) is 2.42. The van der Waals surface area contributed by atoms with Crippen molar-refractivity contribution in [1.29, 1.82) is 0 Å². The van der Waals surface area contributed by atoms with Crippen molar-refractivity contribution in [3.63, 3.8) is 0 Å². The van der Waals surface area contributed by atoms with Gasteiger partial charge in [-0.2, -0.15) is 12.7 Å². The summed E-state index contributed by atoms with van der Waals surface area (Å²) in [6.07, 6.45) is 5.36. The Morgan fingerprint density at radius 3 is 2.39 bits per heavy atom. The van der Waals surface area contributed by atoms with E-state index in [1.807, 2.05) is 6.07 Å². The van der Waals surface area contributed by atoms with Gasteiger partial charge in [-0.05, 0) is 25.5 Å². The van der Waals surface area contributed by atoms with Gasteiger partial charge in [0, 0.05) is 59.2 Å². The number of hydrogen-bond donors (Lipinski definition) is 1. The predicted molar refractivity (Wildman–Crippen MR) is 90.5 cm³/mol. The summed E-state index contributed by atoms with van der Waals surface area (Å²) in [5, 5.41) is 0. The number of nitrogens with one attached hydrogen (secondary N) is 1. The largest absolute Gasteiger partial charge is 0.338 e. The maximum absolute atomic E-state index is 11.6. The minimum Gasteiger partial charge on any atom is -0.338 e. The van der Waals surface area contributed by atoms with E-state index >= 15 is 0 Å². The zero-order chi connectivity index (χ0) is 16.7. The normalized spacial score (nSPS) is 16.9. The third-order valence-electron chi connectivity index (χ3n) is 3.87. The van der Waals surface area contributed by atoms with Crippen LogP contribution < -0.4 is 9.62 Å². The quantitative estimate of drug-likeness (QED) is 0.658. The van der Waals surface area contributed by atoms with Crippen LogP contribution in [0.3, 0.4) is 0 Å². The smallest absolute Gasteiger partial charge is 0.278 e. The van der Waals surface area contributed by atoms with Crippen LogP contribution in [0.1, 0.15) is 12.8 Å². The molecule has 1 aromatic heterocycles. The van der Waals surface area contributed by atoms with E-state index in [1.54, 1.807) is 12.4 Å². The predicted octanol–water partition coefficient (Wildman–Crippen LogP) is -0.225. The van der Waals surface area contributed by atoms with Crippen molar-refractivity contribution in [1.82, 2.24) is 23.9 Å². The van der Waals surface area contributed by atoms with Gasteiger partial charge in [0.25, 0.3) is 10.2 Å². The Balaban J connectivity index is 1.60. The highest BCUT2D eigenvalue weighted by Gasteiger charge is 2.18. The summed E-state index contributed by atoms with van der Waals surface area (Å²) in [6.45, 7) is 5.31. The molecule has 23 heavy (non-hydrogen) atoms. The molecule has 9 heteroatoms. The molecule has 1 N–H and O–H groups in total. The van der Waals surface area contributed by atoms with Gasteiger partial charge in [-0.25, -0.2) is 14.7 Å². The second-order valence-corrected chi connectivity index (χ2v) is 7.74. The van der Waals surface area contributed by atoms with Gasteiger partial charge in [0.1, 0.15) is 0 Å². The maximum Gasteiger partial charge on any atom is 0.278 e. The molecular weight excluding hydrogens is 316 g/mol. The molecular formula is C14H26N6O2S. The SMILES string of the molecule is CN(C)S(=O)(=O)NCCCCN1CCN(c2ncccn2)CC1. The molecule has 2 heterocycles. The Labute approximate surface area is 138 Å². The highest BCUT2D eigenvalue weighted by atomic mass is 32.2. The van der Waals surface area contributed by atoms with Crippen molar-refractivity contribution >= 4 is 16.2 Å². The molecule has 0 radical (unpaired) electrons. The Hall–Kier alpha value is -1.29. The molecule has 0 atom stereocenters. The lowest BCUT2D eigenvalue weighted by Crippen LogP contribution is -2.47. The molecule has 0 unspecified atom stereocenters. The van der Waals surface area contributed by atoms with Crippen molar-refractivity contribution in [3.05, 3.63) is 18.5 Å². The Morgan fingerprint density at radius 1 is 1.13 bits per heavy atom. The first-order chi connectivity index (χ1) is 11.0. The first kappa shape index (κ1) is 18.1. The van der Waals surface area contributed by atoms with Gasteiger partial charge < -0.3 is 4.90 Å². The third-order valence-corrected chi connectivity index (χ3v) is 5.40. The summed E-state index contributed by atoms with van der Waals surface area (Å²) in [5.74, 6) is 0.797. The van der Waals surface area contributed by atoms with Gasteiger partial charge >= 0.3 is 0 Å². The van der Waals surface area contributed by atoms with Crippen LogP contribution >= 0.6 is 0 Å². The van der Waals surface area contributed by atoms with Crippen LogP contribution in [0.5, 0.6) is 0 Å². The third kappa shape index (κ3) is 5.69. The van der Waals surface area contributed by atoms with E-state index in [2.05, 4.69) is 24.5 Å². The van der Waals surface area contributed by atoms with Crippen LogP contribution in [0, 0.1) is 0 Å². The van der Waals surface area contributed by atoms with Gasteiger partial charge in [0.15, 0.2) is 0 Å². The lowest BCUT2D eigenvalue weighted by molar-refractivity contribution is 0.252. The van der Waals surface area contributed by atoms with Gasteiger partial charge in [-0.1, -0.05) is 0 Å². The summed E-state index contributed by atoms with van der Waals surface area (Å²) in [7, 11) is -0.240. The molecule has 8 nitrogen and oxygen atoms in total. The zero-order valence-electron chi connectivity index (χ0n) is 13.8. The number of aromatic nitrogens is 2. The zero-order valence-corrected chi connectivity index (χ0v) is 14.7. The number of rotatable bonds is 8. The Morgan fingerprint density at radius 2 is 1.78 bits per heavy atom. The fourth-order valence-corrected chi connectivity index (χ4v) is 3.08. The molecule has 0 aromatic carbocycles. The monoisotopic (exact) mass is 342 g/mol. The van der Waals surface area contributed by atoms with Gasteiger partial charge in [-0.3, -0.25) is 4.90 Å². The number of anilines is 1. The molecule has 1 fully saturated rings. The van der Waals surface area contributed by atoms with E-state index in [1.165, 1.54) is 18.4 Å². The van der Waals surface area contributed by atoms with Crippen LogP contribution in [0.25, 0.3) is 0 Å². The van der Waals surface area contributed by atoms with Crippen LogP contribution in [0.15, 0.2) is 18.5 Å². The standard InChI is InChI=1S/C14H26N6O2S/c1-18(2)23(21,22)17-8-3-4-9-19-10-12-20(13-11-19)14-15-6-5-7-16-14/h5-7,17H,3-4,8-13H2,1-2H3. The molecule has 0 bridgehead atoms. The minimum atomic E-state index is -3.29. The molecule has 130 valence electrons. The number of piperazine rings is 1. The molecule has 0 spiro atoms. The van der Waals surface area contributed by atoms with E-state index in [4.69, 9.17) is 0 Å². The van der Waals surface area contributed by atoms with Crippen molar-refractivity contribution < 1.29 is 8.42 Å². The van der Waals surface area contributed by atoms with Crippen molar-refractivity contribution in [2.24, 2.45) is 0 Å². The topological polar surface area (TPSA) is 81.7 Å². The van der Waals surface area contributed by atoms with Crippen LogP contribution in [0.4, 0.5) is 5.95 Å². The van der Waals surface area contributed by atoms with Crippen LogP contribution in [-0.4, -0.2) is 81.0 Å². The highest BCUT2D eigenvalue weighted by molar-refractivity contribution is 7.87. The molecule has 1 aliphatic rings. The molecule has 1 aliphatic heterocycles. The van der Waals surface area contributed by atoms with Crippen molar-refractivity contribution in [2.45, 2.75) is 12.8 Å². The van der Waals surface area contributed by atoms with Crippen molar-refractivity contribution in [2.75, 3.05) is 58.3 Å². The van der Waals surface area contributed by atoms with Crippen LogP contribution in [-0.2, 0) is 10.2 Å². The summed E-state index contributed by atoms with van der Waals surface area (Å²) in [6, 6.07) is 1.82. The number of hydrogen-bond acceptors (Lipinski definition) is 6. The van der Waals surface area contributed by atoms with Crippen LogP contribution in [0.2, 0.25) is 0 Å². The number of nitrogens with zero attached hydrogens (tertiary/aromatic N) is 5. The summed E-state index contributed by atoms with van der Waals surface area (Å²) >= 11 is 0. The molecule has 1 saturated heterocycles. The van der Waals surface area contributed by atoms with E-state index in [0.717, 1.165) is 51.5 Å².